The molecule has 0 aromatic heterocycles. The fourth-order valence-electron chi connectivity index (χ4n) is 0.118. The van der Waals surface area contributed by atoms with Crippen molar-refractivity contribution in [2.75, 3.05) is 0 Å². The molecule has 0 atom stereocenters. The zero-order chi connectivity index (χ0) is 4.12. The van der Waals surface area contributed by atoms with E-state index in [1.54, 1.807) is 0 Å². The molecule has 0 amide bonds. The van der Waals surface area contributed by atoms with E-state index in [1.807, 2.05) is 13.6 Å². The van der Waals surface area contributed by atoms with Crippen LogP contribution in [0.15, 0.2) is 0 Å². The van der Waals surface area contributed by atoms with Crippen molar-refractivity contribution >= 4 is 33.6 Å². The zero-order valence-corrected chi connectivity index (χ0v) is 3.28. The van der Waals surface area contributed by atoms with Crippen LogP contribution in [0.25, 0.3) is 0 Å². The molecule has 0 N–H and O–H groups in total. The molecule has 0 aliphatic heterocycles. The molecule has 0 bridgehead atoms. The predicted octanol–water partition coefficient (Wildman–Crippen LogP) is -1.47. The third-order valence-corrected chi connectivity index (χ3v) is 0.333. The first-order valence-corrected chi connectivity index (χ1v) is 1.63. The summed E-state index contributed by atoms with van der Waals surface area (Å²) in [5.74, 6) is 0. The van der Waals surface area contributed by atoms with Gasteiger partial charge in [0.05, 0.1) is 0 Å². The van der Waals surface area contributed by atoms with E-state index in [0.717, 1.165) is 7.06 Å². The van der Waals surface area contributed by atoms with Crippen LogP contribution in [0.2, 0.25) is 0 Å². The summed E-state index contributed by atoms with van der Waals surface area (Å²) in [7, 11) is 0.917. The van der Waals surface area contributed by atoms with Crippen molar-refractivity contribution in [2.24, 2.45) is 0 Å². The molecule has 0 aromatic carbocycles. The van der Waals surface area contributed by atoms with E-state index in [1.165, 1.54) is 0 Å². The van der Waals surface area contributed by atoms with E-state index >= 15 is 0 Å². The average Bonchev–Trinajstić information content (AvgIpc) is 1.41. The van der Waals surface area contributed by atoms with E-state index in [9.17, 15) is 0 Å². The van der Waals surface area contributed by atoms with Gasteiger partial charge in [-0.05, 0) is 0 Å². The fraction of sp³-hybridized carbons (Fsp3) is 0. The predicted molar refractivity (Wildman–Crippen MR) is 32.9 cm³/mol. The molecule has 0 unspecified atom stereocenters. The van der Waals surface area contributed by atoms with Gasteiger partial charge in [-0.2, -0.15) is 0 Å². The van der Waals surface area contributed by atoms with Crippen molar-refractivity contribution in [3.8, 4) is 0 Å². The van der Waals surface area contributed by atoms with E-state index < -0.39 is 0 Å². The Balaban J connectivity index is 2.65. The van der Waals surface area contributed by atoms with Crippen molar-refractivity contribution in [3.05, 3.63) is 0 Å². The minimum atomic E-state index is 0.917. The van der Waals surface area contributed by atoms with Crippen molar-refractivity contribution < 1.29 is 0 Å². The molecule has 0 nitrogen and oxygen atoms in total. The molecule has 22 valence electrons. The minimum absolute atomic E-state index is 0.917. The SMILES string of the molecule is C=BBB=C. The summed E-state index contributed by atoms with van der Waals surface area (Å²) in [6.45, 7) is 10.6. The van der Waals surface area contributed by atoms with Crippen LogP contribution in [0.4, 0.5) is 0 Å². The molecule has 5 heavy (non-hydrogen) atoms. The average molecular weight is 61.5 g/mol. The first-order valence-electron chi connectivity index (χ1n) is 1.63. The van der Waals surface area contributed by atoms with Gasteiger partial charge < -0.3 is 0 Å². The van der Waals surface area contributed by atoms with Gasteiger partial charge in [0, 0.05) is 0 Å². The van der Waals surface area contributed by atoms with Gasteiger partial charge in [-0.25, -0.2) is 0 Å². The Morgan fingerprint density at radius 2 is 1.60 bits per heavy atom. The molecular formula is C2H5B3. The summed E-state index contributed by atoms with van der Waals surface area (Å²) < 4.78 is 0. The molecule has 0 heterocycles. The summed E-state index contributed by atoms with van der Waals surface area (Å²) in [6.07, 6.45) is 0. The molecule has 0 aromatic rings. The quantitative estimate of drug-likeness (QED) is 0.342. The summed E-state index contributed by atoms with van der Waals surface area (Å²) >= 11 is 0. The summed E-state index contributed by atoms with van der Waals surface area (Å²) in [4.78, 5) is 0. The molecular weight excluding hydrogens is 56.5 g/mol. The van der Waals surface area contributed by atoms with Gasteiger partial charge >= 0.3 is 33.6 Å². The molecule has 0 radical (unpaired) electrons. The first-order chi connectivity index (χ1) is 2.41. The van der Waals surface area contributed by atoms with Crippen LogP contribution in [-0.2, 0) is 0 Å². The van der Waals surface area contributed by atoms with Gasteiger partial charge in [0.25, 0.3) is 0 Å². The van der Waals surface area contributed by atoms with E-state index in [0.29, 0.717) is 0 Å². The fourth-order valence-corrected chi connectivity index (χ4v) is 0.118. The number of rotatable bonds is 2. The molecule has 0 fully saturated rings. The van der Waals surface area contributed by atoms with Gasteiger partial charge in [0.2, 0.25) is 0 Å². The van der Waals surface area contributed by atoms with Gasteiger partial charge in [-0.1, -0.05) is 0 Å². The summed E-state index contributed by atoms with van der Waals surface area (Å²) in [6, 6.07) is 0. The molecule has 0 saturated heterocycles. The van der Waals surface area contributed by atoms with Crippen molar-refractivity contribution in [1.82, 2.24) is 0 Å². The van der Waals surface area contributed by atoms with Gasteiger partial charge in [-0.15, -0.1) is 0 Å². The Morgan fingerprint density at radius 3 is 1.60 bits per heavy atom. The van der Waals surface area contributed by atoms with Crippen LogP contribution >= 0.6 is 0 Å². The summed E-state index contributed by atoms with van der Waals surface area (Å²) in [5.41, 5.74) is 0. The van der Waals surface area contributed by atoms with Gasteiger partial charge in [0.1, 0.15) is 0 Å². The van der Waals surface area contributed by atoms with E-state index in [4.69, 9.17) is 0 Å². The molecule has 0 spiro atoms. The molecule has 0 aliphatic rings. The Kier molecular flexibility index (Phi) is 3.88. The Morgan fingerprint density at radius 1 is 1.20 bits per heavy atom. The Hall–Kier alpha value is -0.0652. The maximum absolute atomic E-state index is 3.48. The van der Waals surface area contributed by atoms with Crippen molar-refractivity contribution in [3.63, 3.8) is 0 Å². The second-order valence-electron chi connectivity index (χ2n) is 0.813. The van der Waals surface area contributed by atoms with Crippen LogP contribution < -0.4 is 0 Å². The van der Waals surface area contributed by atoms with Crippen molar-refractivity contribution in [1.29, 1.82) is 0 Å². The van der Waals surface area contributed by atoms with Crippen LogP contribution in [0.5, 0.6) is 0 Å². The normalized spacial score (nSPS) is 4.00. The Bertz CT molecular complexity index is 34.2. The molecule has 0 saturated carbocycles. The van der Waals surface area contributed by atoms with Crippen LogP contribution in [0.3, 0.4) is 0 Å². The van der Waals surface area contributed by atoms with E-state index in [-0.39, 0.29) is 0 Å². The van der Waals surface area contributed by atoms with Crippen LogP contribution in [-0.4, -0.2) is 33.6 Å². The summed E-state index contributed by atoms with van der Waals surface area (Å²) in [5, 5.41) is 0. The second-order valence-corrected chi connectivity index (χ2v) is 0.813. The van der Waals surface area contributed by atoms with Crippen LogP contribution in [0.1, 0.15) is 0 Å². The maximum atomic E-state index is 3.48. The Labute approximate surface area is 34.6 Å². The standard InChI is InChI=1S/C2H5B3/c1-3-5-4-2/h5H,1-2H2. The van der Waals surface area contributed by atoms with E-state index in [2.05, 4.69) is 12.9 Å². The topological polar surface area (TPSA) is 0 Å². The monoisotopic (exact) mass is 62.1 g/mol. The third kappa shape index (κ3) is 3.93. The third-order valence-electron chi connectivity index (χ3n) is 0.333. The first kappa shape index (κ1) is 4.93. The zero-order valence-electron chi connectivity index (χ0n) is 3.28. The number of hydrogen-bond acceptors (Lipinski definition) is 0. The van der Waals surface area contributed by atoms with Crippen molar-refractivity contribution in [2.45, 2.75) is 0 Å². The molecule has 3 heteroatoms. The number of hydrogen-bond donors (Lipinski definition) is 0. The second kappa shape index (κ2) is 3.93. The van der Waals surface area contributed by atoms with Gasteiger partial charge in [-0.3, -0.25) is 0 Å². The molecule has 0 aliphatic carbocycles. The van der Waals surface area contributed by atoms with Gasteiger partial charge in [0.15, 0.2) is 0 Å². The van der Waals surface area contributed by atoms with Crippen LogP contribution in [0, 0.1) is 0 Å². The molecule has 0 rings (SSSR count).